The molecular weight excluding hydrogens is 1740 g/mol. The highest BCUT2D eigenvalue weighted by Gasteiger charge is 2.49. The van der Waals surface area contributed by atoms with Gasteiger partial charge in [-0.05, 0) is 173 Å². The highest BCUT2D eigenvalue weighted by molar-refractivity contribution is 5.86. The van der Waals surface area contributed by atoms with Crippen molar-refractivity contribution in [2.75, 3.05) is 49.5 Å². The predicted molar refractivity (Wildman–Crippen MR) is 515 cm³/mol. The number of imidazole rings is 4. The van der Waals surface area contributed by atoms with Crippen LogP contribution in [0, 0.1) is 25.5 Å². The SMILES string of the molecule is CNc1cc(-c2nc(C(C)C)n(C=CC(O)CC(O)CC(=O)O)c2-c2cccc(C)c2)ccn1.CNc1cc(-c2nc(C(C)C)n(C=CC3CC(O)CC(=O)O3)c2-c2cccc(C)c2)ccn1.CNc1cc(-c2nc(C3(O)CC3)n(C=CC(O)CC(O)CC(=O)O)c2-c2ccc(F)cc2)ccn1.CNc1cc(-c2nc(C3(O)CC3)n(C=CC3CC(O)CC(=O)O3)c2-c2ccc(F)cc2)ccn1. The third-order valence-corrected chi connectivity index (χ3v) is 23.0. The van der Waals surface area contributed by atoms with Crippen molar-refractivity contribution in [3.05, 3.63) is 241 Å². The van der Waals surface area contributed by atoms with Gasteiger partial charge in [0.25, 0.3) is 0 Å². The Hall–Kier alpha value is -14.1. The minimum absolute atomic E-state index is 0.0266. The van der Waals surface area contributed by atoms with Gasteiger partial charge in [-0.1, -0.05) is 75.2 Å². The molecule has 2 saturated heterocycles. The monoisotopic (exact) mass is 1860 g/mol. The van der Waals surface area contributed by atoms with Crippen LogP contribution in [0.5, 0.6) is 0 Å². The van der Waals surface area contributed by atoms with Crippen LogP contribution in [-0.4, -0.2) is 210 Å². The first-order valence-electron chi connectivity index (χ1n) is 44.9. The fourth-order valence-electron chi connectivity index (χ4n) is 16.0. The molecule has 4 fully saturated rings. The van der Waals surface area contributed by atoms with Gasteiger partial charge in [-0.25, -0.2) is 48.7 Å². The van der Waals surface area contributed by atoms with Crippen LogP contribution >= 0.6 is 0 Å². The molecule has 2 saturated carbocycles. The number of nitrogens with zero attached hydrogens (tertiary/aromatic N) is 12. The van der Waals surface area contributed by atoms with Crippen molar-refractivity contribution in [1.82, 2.24) is 58.1 Å². The Morgan fingerprint density at radius 3 is 1.07 bits per heavy atom. The number of aromatic nitrogens is 12. The quantitative estimate of drug-likeness (QED) is 0.0174. The molecule has 34 heteroatoms. The van der Waals surface area contributed by atoms with Gasteiger partial charge in [0.15, 0.2) is 0 Å². The zero-order valence-electron chi connectivity index (χ0n) is 77.1. The molecule has 8 unspecified atom stereocenters. The molecule has 2 aliphatic carbocycles. The molecule has 12 aromatic rings. The maximum Gasteiger partial charge on any atom is 0.309 e. The van der Waals surface area contributed by atoms with Crippen molar-refractivity contribution in [3.8, 4) is 90.1 Å². The van der Waals surface area contributed by atoms with E-state index < -0.39 is 96.6 Å². The van der Waals surface area contributed by atoms with Crippen molar-refractivity contribution >= 4 is 71.9 Å². The largest absolute Gasteiger partial charge is 0.481 e. The number of aliphatic carboxylic acids is 2. The molecule has 0 bridgehead atoms. The first-order valence-corrected chi connectivity index (χ1v) is 44.9. The minimum Gasteiger partial charge on any atom is -0.481 e. The average molecular weight is 1860 g/mol. The molecule has 10 heterocycles. The molecule has 8 atom stereocenters. The number of pyridine rings is 4. The van der Waals surface area contributed by atoms with E-state index in [1.807, 2.05) is 98.5 Å². The number of carbonyl (C=O) groups excluding carboxylic acids is 2. The summed E-state index contributed by atoms with van der Waals surface area (Å²) in [5.74, 6) is 1.64. The van der Waals surface area contributed by atoms with Crippen molar-refractivity contribution in [1.29, 1.82) is 0 Å². The van der Waals surface area contributed by atoms with E-state index in [0.29, 0.717) is 89.3 Å². The van der Waals surface area contributed by atoms with Crippen LogP contribution in [0.2, 0.25) is 0 Å². The lowest BCUT2D eigenvalue weighted by molar-refractivity contribution is -0.157. The summed E-state index contributed by atoms with van der Waals surface area (Å²) >= 11 is 0. The van der Waals surface area contributed by atoms with Crippen LogP contribution in [0.15, 0.2) is 195 Å². The maximum atomic E-state index is 13.7. The first-order chi connectivity index (χ1) is 65.1. The van der Waals surface area contributed by atoms with Crippen LogP contribution in [0.25, 0.3) is 115 Å². The average Bonchev–Trinajstić information content (AvgIpc) is 1.58. The van der Waals surface area contributed by atoms with E-state index >= 15 is 0 Å². The van der Waals surface area contributed by atoms with E-state index in [0.717, 1.165) is 90.6 Å². The first kappa shape index (κ1) is 99.4. The number of rotatable bonds is 32. The van der Waals surface area contributed by atoms with Crippen LogP contribution in [0.4, 0.5) is 32.1 Å². The number of carboxylic acids is 2. The number of aryl methyl sites for hydroxylation is 2. The normalized spacial score (nSPS) is 17.4. The Bertz CT molecular complexity index is 6350. The molecule has 0 radical (unpaired) electrons. The Morgan fingerprint density at radius 2 is 0.757 bits per heavy atom. The zero-order valence-corrected chi connectivity index (χ0v) is 77.1. The third kappa shape index (κ3) is 25.1. The van der Waals surface area contributed by atoms with Gasteiger partial charge < -0.3 is 100 Å². The van der Waals surface area contributed by atoms with Gasteiger partial charge in [-0.3, -0.25) is 19.2 Å². The fraction of sp³-hybridized carbons (Fsp3) is 0.333. The molecule has 2 aliphatic heterocycles. The lowest BCUT2D eigenvalue weighted by atomic mass is 10.0. The smallest absolute Gasteiger partial charge is 0.309 e. The topological polar surface area (TPSA) is 460 Å². The number of hydrogen-bond acceptors (Lipinski definition) is 26. The van der Waals surface area contributed by atoms with Crippen LogP contribution < -0.4 is 21.3 Å². The maximum absolute atomic E-state index is 13.7. The van der Waals surface area contributed by atoms with E-state index in [1.165, 1.54) is 30.3 Å². The van der Waals surface area contributed by atoms with Gasteiger partial charge in [0.1, 0.15) is 81.6 Å². The third-order valence-electron chi connectivity index (χ3n) is 23.0. The molecule has 8 aromatic heterocycles. The summed E-state index contributed by atoms with van der Waals surface area (Å²) in [7, 11) is 7.17. The molecule has 136 heavy (non-hydrogen) atoms. The summed E-state index contributed by atoms with van der Waals surface area (Å²) in [5, 5.41) is 112. The molecule has 4 aliphatic rings. The predicted octanol–water partition coefficient (Wildman–Crippen LogP) is 14.9. The summed E-state index contributed by atoms with van der Waals surface area (Å²) in [5.41, 5.74) is 12.6. The molecule has 712 valence electrons. The van der Waals surface area contributed by atoms with E-state index in [2.05, 4.69) is 105 Å². The van der Waals surface area contributed by atoms with Gasteiger partial charge in [-0.2, -0.15) is 0 Å². The summed E-state index contributed by atoms with van der Waals surface area (Å²) in [4.78, 5) is 82.0. The Labute approximate surface area is 785 Å². The molecular formula is C102H114F2N16O16. The molecule has 14 N–H and O–H groups in total. The molecule has 16 rings (SSSR count). The van der Waals surface area contributed by atoms with Crippen LogP contribution in [-0.2, 0) is 39.9 Å². The number of cyclic esters (lactones) is 2. The minimum atomic E-state index is -1.22. The van der Waals surface area contributed by atoms with E-state index in [4.69, 9.17) is 39.6 Å². The molecule has 32 nitrogen and oxygen atoms in total. The molecule has 0 amide bonds. The zero-order chi connectivity index (χ0) is 97.4. The number of nitrogens with one attached hydrogen (secondary N) is 4. The van der Waals surface area contributed by atoms with Gasteiger partial charge in [0.05, 0.1) is 108 Å². The van der Waals surface area contributed by atoms with Crippen molar-refractivity contribution in [3.63, 3.8) is 0 Å². The van der Waals surface area contributed by atoms with Gasteiger partial charge in [0.2, 0.25) is 0 Å². The van der Waals surface area contributed by atoms with Crippen molar-refractivity contribution in [2.45, 2.75) is 190 Å². The lowest BCUT2D eigenvalue weighted by Crippen LogP contribution is -2.31. The number of benzene rings is 4. The standard InChI is InChI=1S/C26H32N4O4.C26H30N4O3.C25H27FN4O5.C25H25FN4O4/c1-16(2)26-29-24(18-8-10-28-22(13-18)27-4)25(19-7-5-6-17(3)12-19)30(26)11-9-20(31)14-21(32)15-23(33)34;1-16(2)26-29-24(18-8-10-28-22(13-18)27-4)25(19-7-5-6-17(3)12-19)30(26)11-9-21-14-20(31)15-23(32)33-21;1-27-20-12-16(6-10-28-20)22-23(15-2-4-17(26)5-3-15)30(24(29-22)25(35)8-9-25)11-7-18(31)13-19(32)14-21(33)34;1-27-20-12-16(6-10-28-20)22-23(15-2-4-17(26)5-3-15)30(24(29-22)25(33)8-9-25)11-7-19-13-18(31)14-21(32)34-19/h5-13,16,20-21,31-32H,14-15H2,1-4H3,(H,27,28)(H,33,34);5-13,16,20-21,31H,14-15H2,1-4H3,(H,27,28);2-7,10-12,18-19,31-32,35H,8-9,13-14H2,1H3,(H,27,28)(H,33,34);2-7,10-12,18-19,31,33H,8-9,13-14H2,1H3,(H,27,28). The van der Waals surface area contributed by atoms with E-state index in [9.17, 15) is 68.8 Å². The number of carbonyl (C=O) groups is 4. The second kappa shape index (κ2) is 44.4. The number of hydrogen-bond donors (Lipinski definition) is 14. The summed E-state index contributed by atoms with van der Waals surface area (Å²) in [6.07, 6.45) is 14.8. The van der Waals surface area contributed by atoms with Crippen molar-refractivity contribution < 1.29 is 88.5 Å². The number of halogens is 2. The number of aliphatic hydroxyl groups is 8. The summed E-state index contributed by atoms with van der Waals surface area (Å²) in [6, 6.07) is 43.4. The number of aliphatic hydroxyl groups excluding tert-OH is 6. The Kier molecular flexibility index (Phi) is 32.4. The number of esters is 2. The summed E-state index contributed by atoms with van der Waals surface area (Å²) < 4.78 is 45.7. The van der Waals surface area contributed by atoms with E-state index in [1.54, 1.807) is 115 Å². The van der Waals surface area contributed by atoms with Gasteiger partial charge in [0, 0.05) is 160 Å². The highest BCUT2D eigenvalue weighted by atomic mass is 19.1. The van der Waals surface area contributed by atoms with Crippen LogP contribution in [0.3, 0.4) is 0 Å². The van der Waals surface area contributed by atoms with E-state index in [-0.39, 0.29) is 55.7 Å². The second-order valence-corrected chi connectivity index (χ2v) is 34.6. The fourth-order valence-corrected chi connectivity index (χ4v) is 16.0. The van der Waals surface area contributed by atoms with Gasteiger partial charge in [-0.15, -0.1) is 0 Å². The highest BCUT2D eigenvalue weighted by Crippen LogP contribution is 2.50. The Morgan fingerprint density at radius 1 is 0.441 bits per heavy atom. The number of carboxylic acid groups (broad SMARTS) is 2. The molecule has 0 spiro atoms. The van der Waals surface area contributed by atoms with Crippen LogP contribution in [0.1, 0.15) is 151 Å². The van der Waals surface area contributed by atoms with Gasteiger partial charge >= 0.3 is 23.9 Å². The van der Waals surface area contributed by atoms with Crippen molar-refractivity contribution in [2.24, 2.45) is 0 Å². The second-order valence-electron chi connectivity index (χ2n) is 34.6. The summed E-state index contributed by atoms with van der Waals surface area (Å²) in [6.45, 7) is 12.4. The number of ether oxygens (including phenoxy) is 2. The molecule has 4 aromatic carbocycles. The Balaban J connectivity index is 0.000000153. The number of anilines is 4. The lowest BCUT2D eigenvalue weighted by Gasteiger charge is -2.23.